The van der Waals surface area contributed by atoms with Crippen LogP contribution in [0.4, 0.5) is 0 Å². The molecule has 0 spiro atoms. The molecule has 2 aromatic heterocycles. The summed E-state index contributed by atoms with van der Waals surface area (Å²) in [5.41, 5.74) is 3.21. The minimum atomic E-state index is -0.345. The number of carbonyl (C=O) groups excluding carboxylic acids is 1. The number of benzene rings is 1. The molecule has 3 aromatic rings. The third-order valence-electron chi connectivity index (χ3n) is 3.92. The Morgan fingerprint density at radius 2 is 2.14 bits per heavy atom. The largest absolute Gasteiger partial charge is 0.465 e. The van der Waals surface area contributed by atoms with Gasteiger partial charge in [0.1, 0.15) is 5.69 Å². The molecule has 0 amide bonds. The molecule has 1 aliphatic carbocycles. The number of pyridine rings is 1. The monoisotopic (exact) mass is 293 g/mol. The van der Waals surface area contributed by atoms with Gasteiger partial charge in [-0.1, -0.05) is 6.07 Å². The van der Waals surface area contributed by atoms with Crippen molar-refractivity contribution in [2.24, 2.45) is 0 Å². The number of hydrogen-bond acceptors (Lipinski definition) is 4. The molecule has 0 atom stereocenters. The smallest absolute Gasteiger partial charge is 0.337 e. The summed E-state index contributed by atoms with van der Waals surface area (Å²) < 4.78 is 7.02. The lowest BCUT2D eigenvalue weighted by Crippen LogP contribution is -2.01. The Morgan fingerprint density at radius 3 is 2.82 bits per heavy atom. The fourth-order valence-electron chi connectivity index (χ4n) is 2.72. The average molecular weight is 293 g/mol. The molecular weight excluding hydrogens is 278 g/mol. The van der Waals surface area contributed by atoms with E-state index in [-0.39, 0.29) is 5.97 Å². The van der Waals surface area contributed by atoms with E-state index in [0.29, 0.717) is 11.6 Å². The number of hydrogen-bond donors (Lipinski definition) is 0. The normalized spacial score (nSPS) is 14.2. The van der Waals surface area contributed by atoms with E-state index in [9.17, 15) is 4.79 Å². The van der Waals surface area contributed by atoms with Crippen molar-refractivity contribution < 1.29 is 9.53 Å². The first-order valence-electron chi connectivity index (χ1n) is 7.29. The summed E-state index contributed by atoms with van der Waals surface area (Å²) in [6, 6.07) is 11.8. The number of aromatic nitrogens is 3. The van der Waals surface area contributed by atoms with Gasteiger partial charge in [0.25, 0.3) is 0 Å². The minimum Gasteiger partial charge on any atom is -0.465 e. The standard InChI is InChI=1S/C17H15N3O2/c1-22-17(21)11-5-8-15-14(10-11)19-16(20(15)12-6-7-12)13-4-2-3-9-18-13/h2-5,8-10,12H,6-7H2,1H3. The van der Waals surface area contributed by atoms with Crippen LogP contribution < -0.4 is 0 Å². The Kier molecular flexibility index (Phi) is 2.92. The van der Waals surface area contributed by atoms with Crippen molar-refractivity contribution in [1.82, 2.24) is 14.5 Å². The lowest BCUT2D eigenvalue weighted by molar-refractivity contribution is 0.0601. The summed E-state index contributed by atoms with van der Waals surface area (Å²) in [6.07, 6.45) is 4.08. The number of esters is 1. The van der Waals surface area contributed by atoms with Crippen LogP contribution in [0.3, 0.4) is 0 Å². The lowest BCUT2D eigenvalue weighted by Gasteiger charge is -2.07. The van der Waals surface area contributed by atoms with Crippen LogP contribution in [0.1, 0.15) is 29.2 Å². The molecule has 1 saturated carbocycles. The first-order chi connectivity index (χ1) is 10.8. The van der Waals surface area contributed by atoms with Crippen LogP contribution in [-0.4, -0.2) is 27.6 Å². The zero-order chi connectivity index (χ0) is 15.1. The summed E-state index contributed by atoms with van der Waals surface area (Å²) in [5.74, 6) is 0.516. The van der Waals surface area contributed by atoms with E-state index in [4.69, 9.17) is 9.72 Å². The zero-order valence-electron chi connectivity index (χ0n) is 12.2. The molecule has 0 bridgehead atoms. The molecular formula is C17H15N3O2. The summed E-state index contributed by atoms with van der Waals surface area (Å²) in [4.78, 5) is 20.8. The second kappa shape index (κ2) is 4.94. The Bertz CT molecular complexity index is 851. The highest BCUT2D eigenvalue weighted by molar-refractivity contribution is 5.94. The molecule has 5 nitrogen and oxygen atoms in total. The van der Waals surface area contributed by atoms with Gasteiger partial charge in [0.05, 0.1) is 23.7 Å². The summed E-state index contributed by atoms with van der Waals surface area (Å²) in [6.45, 7) is 0. The zero-order valence-corrected chi connectivity index (χ0v) is 12.2. The second-order valence-electron chi connectivity index (χ2n) is 5.45. The Labute approximate surface area is 127 Å². The molecule has 5 heteroatoms. The van der Waals surface area contributed by atoms with E-state index in [2.05, 4.69) is 9.55 Å². The molecule has 0 N–H and O–H groups in total. The topological polar surface area (TPSA) is 57.0 Å². The van der Waals surface area contributed by atoms with Gasteiger partial charge < -0.3 is 9.30 Å². The van der Waals surface area contributed by atoms with Crippen LogP contribution in [0.15, 0.2) is 42.6 Å². The van der Waals surface area contributed by atoms with Crippen molar-refractivity contribution in [2.75, 3.05) is 7.11 Å². The highest BCUT2D eigenvalue weighted by atomic mass is 16.5. The Balaban J connectivity index is 1.93. The van der Waals surface area contributed by atoms with Crippen molar-refractivity contribution in [1.29, 1.82) is 0 Å². The Hall–Kier alpha value is -2.69. The van der Waals surface area contributed by atoms with Crippen LogP contribution in [0.5, 0.6) is 0 Å². The number of carbonyl (C=O) groups is 1. The molecule has 2 heterocycles. The van der Waals surface area contributed by atoms with Gasteiger partial charge in [0, 0.05) is 12.2 Å². The maximum absolute atomic E-state index is 11.7. The van der Waals surface area contributed by atoms with Crippen molar-refractivity contribution in [3.8, 4) is 11.5 Å². The van der Waals surface area contributed by atoms with Crippen LogP contribution >= 0.6 is 0 Å². The summed E-state index contributed by atoms with van der Waals surface area (Å²) >= 11 is 0. The fourth-order valence-corrected chi connectivity index (χ4v) is 2.72. The molecule has 0 unspecified atom stereocenters. The molecule has 0 aliphatic heterocycles. The molecule has 0 radical (unpaired) electrons. The number of nitrogens with zero attached hydrogens (tertiary/aromatic N) is 3. The molecule has 0 saturated heterocycles. The van der Waals surface area contributed by atoms with E-state index < -0.39 is 0 Å². The fraction of sp³-hybridized carbons (Fsp3) is 0.235. The van der Waals surface area contributed by atoms with E-state index in [1.54, 1.807) is 18.3 Å². The van der Waals surface area contributed by atoms with Gasteiger partial charge in [-0.3, -0.25) is 4.98 Å². The predicted octanol–water partition coefficient (Wildman–Crippen LogP) is 3.22. The molecule has 1 aromatic carbocycles. The van der Waals surface area contributed by atoms with Crippen LogP contribution in [-0.2, 0) is 4.74 Å². The van der Waals surface area contributed by atoms with E-state index in [1.165, 1.54) is 7.11 Å². The van der Waals surface area contributed by atoms with Gasteiger partial charge in [0.15, 0.2) is 5.82 Å². The molecule has 1 aliphatic rings. The van der Waals surface area contributed by atoms with E-state index in [0.717, 1.165) is 35.4 Å². The Morgan fingerprint density at radius 1 is 1.27 bits per heavy atom. The van der Waals surface area contributed by atoms with Gasteiger partial charge in [-0.2, -0.15) is 0 Å². The molecule has 1 fully saturated rings. The highest BCUT2D eigenvalue weighted by Crippen LogP contribution is 2.41. The number of ether oxygens (including phenoxy) is 1. The van der Waals surface area contributed by atoms with Crippen LogP contribution in [0.2, 0.25) is 0 Å². The average Bonchev–Trinajstić information content (AvgIpc) is 3.34. The quantitative estimate of drug-likeness (QED) is 0.696. The predicted molar refractivity (Wildman–Crippen MR) is 82.6 cm³/mol. The van der Waals surface area contributed by atoms with Crippen molar-refractivity contribution in [3.63, 3.8) is 0 Å². The molecule has 4 rings (SSSR count). The minimum absolute atomic E-state index is 0.345. The van der Waals surface area contributed by atoms with E-state index >= 15 is 0 Å². The van der Waals surface area contributed by atoms with Gasteiger partial charge >= 0.3 is 5.97 Å². The summed E-state index contributed by atoms with van der Waals surface area (Å²) in [5, 5.41) is 0. The first-order valence-corrected chi connectivity index (χ1v) is 7.29. The SMILES string of the molecule is COC(=O)c1ccc2c(c1)nc(-c1ccccn1)n2C1CC1. The lowest BCUT2D eigenvalue weighted by atomic mass is 10.2. The number of imidazole rings is 1. The second-order valence-corrected chi connectivity index (χ2v) is 5.45. The third-order valence-corrected chi connectivity index (χ3v) is 3.92. The third kappa shape index (κ3) is 2.06. The maximum Gasteiger partial charge on any atom is 0.337 e. The summed E-state index contributed by atoms with van der Waals surface area (Å²) in [7, 11) is 1.38. The van der Waals surface area contributed by atoms with Crippen LogP contribution in [0, 0.1) is 0 Å². The van der Waals surface area contributed by atoms with E-state index in [1.807, 2.05) is 24.3 Å². The first kappa shape index (κ1) is 13.0. The highest BCUT2D eigenvalue weighted by Gasteiger charge is 2.29. The van der Waals surface area contributed by atoms with Gasteiger partial charge in [-0.25, -0.2) is 9.78 Å². The van der Waals surface area contributed by atoms with Crippen molar-refractivity contribution >= 4 is 17.0 Å². The van der Waals surface area contributed by atoms with Gasteiger partial charge in [0.2, 0.25) is 0 Å². The van der Waals surface area contributed by atoms with Crippen LogP contribution in [0.25, 0.3) is 22.6 Å². The number of rotatable bonds is 3. The maximum atomic E-state index is 11.7. The van der Waals surface area contributed by atoms with Gasteiger partial charge in [-0.05, 0) is 43.2 Å². The molecule has 22 heavy (non-hydrogen) atoms. The van der Waals surface area contributed by atoms with Gasteiger partial charge in [-0.15, -0.1) is 0 Å². The number of fused-ring (bicyclic) bond motifs is 1. The van der Waals surface area contributed by atoms with Crippen molar-refractivity contribution in [3.05, 3.63) is 48.2 Å². The van der Waals surface area contributed by atoms with Crippen molar-refractivity contribution in [2.45, 2.75) is 18.9 Å². The number of methoxy groups -OCH3 is 1. The molecule has 110 valence electrons.